The van der Waals surface area contributed by atoms with Crippen LogP contribution in [0.15, 0.2) is 71.2 Å². The zero-order valence-corrected chi connectivity index (χ0v) is 19.5. The molecule has 0 saturated heterocycles. The number of aryl methyl sites for hydroxylation is 1. The molecule has 1 amide bonds. The van der Waals surface area contributed by atoms with Crippen molar-refractivity contribution in [3.05, 3.63) is 87.9 Å². The number of nitrogens with one attached hydrogen (secondary N) is 2. The highest BCUT2D eigenvalue weighted by molar-refractivity contribution is 9.10. The molecular formula is C25H27BrN2O3. The minimum absolute atomic E-state index is 0.120. The maximum Gasteiger partial charge on any atom is 0.262 e. The molecule has 1 atom stereocenters. The van der Waals surface area contributed by atoms with E-state index in [4.69, 9.17) is 9.47 Å². The van der Waals surface area contributed by atoms with E-state index in [0.29, 0.717) is 18.0 Å². The summed E-state index contributed by atoms with van der Waals surface area (Å²) in [7, 11) is 1.59. The number of rotatable bonds is 9. The average Bonchev–Trinajstić information content (AvgIpc) is 2.78. The number of hydrogen-bond acceptors (Lipinski definition) is 4. The molecule has 3 rings (SSSR count). The summed E-state index contributed by atoms with van der Waals surface area (Å²) in [6, 6.07) is 22.0. The Morgan fingerprint density at radius 2 is 1.77 bits per heavy atom. The Morgan fingerprint density at radius 3 is 2.45 bits per heavy atom. The summed E-state index contributed by atoms with van der Waals surface area (Å²) in [5.41, 5.74) is 4.14. The van der Waals surface area contributed by atoms with Gasteiger partial charge in [0.25, 0.3) is 5.91 Å². The van der Waals surface area contributed by atoms with Crippen molar-refractivity contribution in [1.29, 1.82) is 0 Å². The van der Waals surface area contributed by atoms with Crippen molar-refractivity contribution in [2.75, 3.05) is 19.0 Å². The average molecular weight is 483 g/mol. The van der Waals surface area contributed by atoms with Gasteiger partial charge in [0.15, 0.2) is 18.1 Å². The second kappa shape index (κ2) is 11.0. The summed E-state index contributed by atoms with van der Waals surface area (Å²) in [4.78, 5) is 12.3. The third-order valence-corrected chi connectivity index (χ3v) is 5.47. The molecule has 0 aliphatic rings. The maximum atomic E-state index is 12.3. The lowest BCUT2D eigenvalue weighted by atomic mass is 10.1. The van der Waals surface area contributed by atoms with Gasteiger partial charge in [-0.25, -0.2) is 0 Å². The molecule has 5 nitrogen and oxygen atoms in total. The molecule has 6 heteroatoms. The molecule has 0 aliphatic carbocycles. The number of amides is 1. The van der Waals surface area contributed by atoms with Crippen LogP contribution in [0.25, 0.3) is 0 Å². The number of halogens is 1. The lowest BCUT2D eigenvalue weighted by molar-refractivity contribution is -0.118. The molecular weight excluding hydrogens is 456 g/mol. The molecule has 0 aliphatic heterocycles. The summed E-state index contributed by atoms with van der Waals surface area (Å²) < 4.78 is 12.0. The van der Waals surface area contributed by atoms with Crippen molar-refractivity contribution >= 4 is 27.5 Å². The van der Waals surface area contributed by atoms with E-state index in [-0.39, 0.29) is 18.6 Å². The first kappa shape index (κ1) is 22.8. The summed E-state index contributed by atoms with van der Waals surface area (Å²) in [6.07, 6.45) is 0. The lowest BCUT2D eigenvalue weighted by Crippen LogP contribution is -2.20. The summed E-state index contributed by atoms with van der Waals surface area (Å²) in [5, 5.41) is 6.34. The Balaban J connectivity index is 1.60. The first-order valence-corrected chi connectivity index (χ1v) is 10.9. The normalized spacial score (nSPS) is 11.6. The van der Waals surface area contributed by atoms with Crippen LogP contribution in [-0.4, -0.2) is 19.6 Å². The van der Waals surface area contributed by atoms with E-state index in [1.54, 1.807) is 7.11 Å². The lowest BCUT2D eigenvalue weighted by Gasteiger charge is -2.17. The van der Waals surface area contributed by atoms with Crippen molar-refractivity contribution < 1.29 is 14.3 Å². The smallest absolute Gasteiger partial charge is 0.262 e. The molecule has 0 bridgehead atoms. The molecule has 2 N–H and O–H groups in total. The Labute approximate surface area is 191 Å². The van der Waals surface area contributed by atoms with Crippen LogP contribution in [0.2, 0.25) is 0 Å². The van der Waals surface area contributed by atoms with Crippen LogP contribution in [0.4, 0.5) is 5.69 Å². The van der Waals surface area contributed by atoms with Gasteiger partial charge in [0.05, 0.1) is 11.6 Å². The maximum absolute atomic E-state index is 12.3. The number of hydrogen-bond donors (Lipinski definition) is 2. The number of anilines is 1. The summed E-state index contributed by atoms with van der Waals surface area (Å²) in [5.74, 6) is 0.836. The van der Waals surface area contributed by atoms with Crippen LogP contribution >= 0.6 is 15.9 Å². The summed E-state index contributed by atoms with van der Waals surface area (Å²) in [6.45, 7) is 4.68. The van der Waals surface area contributed by atoms with Gasteiger partial charge in [0.2, 0.25) is 0 Å². The highest BCUT2D eigenvalue weighted by atomic mass is 79.9. The number of carbonyl (C=O) groups excluding carboxylic acids is 1. The van der Waals surface area contributed by atoms with Crippen molar-refractivity contribution in [2.24, 2.45) is 0 Å². The second-order valence-corrected chi connectivity index (χ2v) is 8.18. The molecule has 0 spiro atoms. The van der Waals surface area contributed by atoms with Crippen LogP contribution in [-0.2, 0) is 11.3 Å². The minimum Gasteiger partial charge on any atom is -0.493 e. The van der Waals surface area contributed by atoms with E-state index in [2.05, 4.69) is 45.6 Å². The predicted octanol–water partition coefficient (Wildman–Crippen LogP) is 5.63. The molecule has 162 valence electrons. The second-order valence-electron chi connectivity index (χ2n) is 7.33. The SMILES string of the molecule is COc1cc(CN[C@H](C)c2ccccc2)cc(Br)c1OCC(=O)Nc1ccc(C)cc1. The van der Waals surface area contributed by atoms with E-state index in [0.717, 1.165) is 21.3 Å². The van der Waals surface area contributed by atoms with E-state index < -0.39 is 0 Å². The molecule has 0 fully saturated rings. The highest BCUT2D eigenvalue weighted by Crippen LogP contribution is 2.36. The van der Waals surface area contributed by atoms with Gasteiger partial charge in [-0.2, -0.15) is 0 Å². The molecule has 0 aromatic heterocycles. The third kappa shape index (κ3) is 6.57. The van der Waals surface area contributed by atoms with Crippen LogP contribution in [0.5, 0.6) is 11.5 Å². The van der Waals surface area contributed by atoms with Crippen molar-refractivity contribution in [1.82, 2.24) is 5.32 Å². The number of carbonyl (C=O) groups is 1. The fraction of sp³-hybridized carbons (Fsp3) is 0.240. The third-order valence-electron chi connectivity index (χ3n) is 4.88. The monoisotopic (exact) mass is 482 g/mol. The molecule has 0 heterocycles. The van der Waals surface area contributed by atoms with Crippen molar-refractivity contribution in [3.63, 3.8) is 0 Å². The Bertz CT molecular complexity index is 1010. The molecule has 0 saturated carbocycles. The first-order chi connectivity index (χ1) is 15.0. The molecule has 3 aromatic rings. The number of methoxy groups -OCH3 is 1. The van der Waals surface area contributed by atoms with E-state index >= 15 is 0 Å². The van der Waals surface area contributed by atoms with Gasteiger partial charge in [-0.1, -0.05) is 48.0 Å². The van der Waals surface area contributed by atoms with Gasteiger partial charge < -0.3 is 20.1 Å². The fourth-order valence-corrected chi connectivity index (χ4v) is 3.72. The fourth-order valence-electron chi connectivity index (χ4n) is 3.12. The molecule has 3 aromatic carbocycles. The van der Waals surface area contributed by atoms with Crippen LogP contribution in [0, 0.1) is 6.92 Å². The largest absolute Gasteiger partial charge is 0.493 e. The van der Waals surface area contributed by atoms with Crippen LogP contribution in [0.1, 0.15) is 29.7 Å². The Hall–Kier alpha value is -2.83. The topological polar surface area (TPSA) is 59.6 Å². The van der Waals surface area contributed by atoms with E-state index in [1.807, 2.05) is 61.5 Å². The molecule has 0 unspecified atom stereocenters. The van der Waals surface area contributed by atoms with Gasteiger partial charge in [0.1, 0.15) is 0 Å². The van der Waals surface area contributed by atoms with Crippen molar-refractivity contribution in [2.45, 2.75) is 26.4 Å². The zero-order chi connectivity index (χ0) is 22.2. The highest BCUT2D eigenvalue weighted by Gasteiger charge is 2.14. The summed E-state index contributed by atoms with van der Waals surface area (Å²) >= 11 is 3.55. The van der Waals surface area contributed by atoms with Gasteiger partial charge in [-0.05, 0) is 65.2 Å². The van der Waals surface area contributed by atoms with E-state index in [1.165, 1.54) is 5.56 Å². The number of ether oxygens (including phenoxy) is 2. The van der Waals surface area contributed by atoms with Crippen LogP contribution < -0.4 is 20.1 Å². The van der Waals surface area contributed by atoms with Crippen molar-refractivity contribution in [3.8, 4) is 11.5 Å². The quantitative estimate of drug-likeness (QED) is 0.414. The standard InChI is InChI=1S/C25H27BrN2O3/c1-17-9-11-21(12-10-17)28-24(29)16-31-25-22(26)13-19(14-23(25)30-3)15-27-18(2)20-7-5-4-6-8-20/h4-14,18,27H,15-16H2,1-3H3,(H,28,29)/t18-/m1/s1. The van der Waals surface area contributed by atoms with Gasteiger partial charge in [0, 0.05) is 18.3 Å². The van der Waals surface area contributed by atoms with Gasteiger partial charge >= 0.3 is 0 Å². The minimum atomic E-state index is -0.236. The Kier molecular flexibility index (Phi) is 8.09. The number of benzene rings is 3. The van der Waals surface area contributed by atoms with Crippen LogP contribution in [0.3, 0.4) is 0 Å². The van der Waals surface area contributed by atoms with Gasteiger partial charge in [-0.3, -0.25) is 4.79 Å². The van der Waals surface area contributed by atoms with Gasteiger partial charge in [-0.15, -0.1) is 0 Å². The Morgan fingerprint density at radius 1 is 1.06 bits per heavy atom. The predicted molar refractivity (Wildman–Crippen MR) is 128 cm³/mol. The zero-order valence-electron chi connectivity index (χ0n) is 17.9. The molecule has 31 heavy (non-hydrogen) atoms. The first-order valence-electron chi connectivity index (χ1n) is 10.1. The van der Waals surface area contributed by atoms with E-state index in [9.17, 15) is 4.79 Å². The molecule has 0 radical (unpaired) electrons.